The molecule has 0 bridgehead atoms. The highest BCUT2D eigenvalue weighted by molar-refractivity contribution is 5.79. The zero-order valence-corrected chi connectivity index (χ0v) is 15.0. The average molecular weight is 330 g/mol. The second-order valence-electron chi connectivity index (χ2n) is 6.58. The van der Waals surface area contributed by atoms with Crippen molar-refractivity contribution in [2.45, 2.75) is 38.6 Å². The van der Waals surface area contributed by atoms with E-state index in [0.29, 0.717) is 0 Å². The lowest BCUT2D eigenvalue weighted by atomic mass is 10.1. The van der Waals surface area contributed by atoms with Gasteiger partial charge in [-0.15, -0.1) is 0 Å². The highest BCUT2D eigenvalue weighted by atomic mass is 16.5. The van der Waals surface area contributed by atoms with Crippen molar-refractivity contribution in [3.05, 3.63) is 29.3 Å². The molecule has 1 saturated carbocycles. The van der Waals surface area contributed by atoms with Gasteiger partial charge in [0.05, 0.1) is 6.61 Å². The first kappa shape index (κ1) is 17.1. The molecule has 2 aliphatic rings. The molecule has 5 nitrogen and oxygen atoms in total. The molecule has 1 aromatic rings. The van der Waals surface area contributed by atoms with E-state index in [1.165, 1.54) is 24.0 Å². The zero-order valence-electron chi connectivity index (χ0n) is 15.0. The SMILES string of the molecule is CCN(CCNC(=NC)NCCc1ccc2c(c1)CCO2)C1CC1. The minimum atomic E-state index is 0.823. The molecular weight excluding hydrogens is 300 g/mol. The first-order valence-electron chi connectivity index (χ1n) is 9.23. The first-order valence-corrected chi connectivity index (χ1v) is 9.23. The Morgan fingerprint density at radius 3 is 2.88 bits per heavy atom. The van der Waals surface area contributed by atoms with Crippen LogP contribution >= 0.6 is 0 Å². The summed E-state index contributed by atoms with van der Waals surface area (Å²) in [4.78, 5) is 6.86. The van der Waals surface area contributed by atoms with Crippen LogP contribution < -0.4 is 15.4 Å². The van der Waals surface area contributed by atoms with Gasteiger partial charge in [-0.3, -0.25) is 9.89 Å². The summed E-state index contributed by atoms with van der Waals surface area (Å²) in [6, 6.07) is 7.36. The largest absolute Gasteiger partial charge is 0.493 e. The van der Waals surface area contributed by atoms with E-state index in [0.717, 1.165) is 63.4 Å². The van der Waals surface area contributed by atoms with E-state index in [-0.39, 0.29) is 0 Å². The Balaban J connectivity index is 1.36. The van der Waals surface area contributed by atoms with Gasteiger partial charge in [-0.25, -0.2) is 0 Å². The van der Waals surface area contributed by atoms with Crippen molar-refractivity contribution >= 4 is 5.96 Å². The molecule has 132 valence electrons. The lowest BCUT2D eigenvalue weighted by molar-refractivity contribution is 0.282. The third-order valence-electron chi connectivity index (χ3n) is 4.84. The Hall–Kier alpha value is -1.75. The van der Waals surface area contributed by atoms with E-state index in [1.807, 2.05) is 7.05 Å². The van der Waals surface area contributed by atoms with Crippen molar-refractivity contribution in [2.75, 3.05) is 39.8 Å². The Morgan fingerprint density at radius 2 is 2.12 bits per heavy atom. The van der Waals surface area contributed by atoms with Crippen molar-refractivity contribution in [2.24, 2.45) is 4.99 Å². The van der Waals surface area contributed by atoms with Crippen LogP contribution in [0, 0.1) is 0 Å². The van der Waals surface area contributed by atoms with E-state index in [1.54, 1.807) is 0 Å². The number of nitrogens with one attached hydrogen (secondary N) is 2. The molecule has 3 rings (SSSR count). The number of benzene rings is 1. The Kier molecular flexibility index (Phi) is 5.96. The van der Waals surface area contributed by atoms with E-state index in [9.17, 15) is 0 Å². The van der Waals surface area contributed by atoms with Crippen molar-refractivity contribution < 1.29 is 4.74 Å². The molecule has 1 aromatic carbocycles. The predicted molar refractivity (Wildman–Crippen MR) is 99.0 cm³/mol. The van der Waals surface area contributed by atoms with Crippen LogP contribution in [-0.4, -0.2) is 56.7 Å². The molecule has 2 N–H and O–H groups in total. The quantitative estimate of drug-likeness (QED) is 0.564. The third-order valence-corrected chi connectivity index (χ3v) is 4.84. The summed E-state index contributed by atoms with van der Waals surface area (Å²) in [6.07, 6.45) is 4.77. The molecule has 0 saturated heterocycles. The Labute approximate surface area is 145 Å². The zero-order chi connectivity index (χ0) is 16.8. The van der Waals surface area contributed by atoms with E-state index in [2.05, 4.69) is 45.6 Å². The van der Waals surface area contributed by atoms with E-state index < -0.39 is 0 Å². The maximum atomic E-state index is 5.56. The fourth-order valence-electron chi connectivity index (χ4n) is 3.30. The van der Waals surface area contributed by atoms with Gasteiger partial charge in [-0.2, -0.15) is 0 Å². The molecule has 1 heterocycles. The topological polar surface area (TPSA) is 48.9 Å². The summed E-state index contributed by atoms with van der Waals surface area (Å²) in [5, 5.41) is 6.83. The van der Waals surface area contributed by atoms with Crippen molar-refractivity contribution in [3.63, 3.8) is 0 Å². The van der Waals surface area contributed by atoms with Gasteiger partial charge in [0.2, 0.25) is 0 Å². The van der Waals surface area contributed by atoms with E-state index >= 15 is 0 Å². The number of hydrogen-bond donors (Lipinski definition) is 2. The van der Waals surface area contributed by atoms with Gasteiger partial charge in [0.15, 0.2) is 5.96 Å². The van der Waals surface area contributed by atoms with Gasteiger partial charge in [-0.1, -0.05) is 19.1 Å². The normalized spacial score (nSPS) is 16.9. The predicted octanol–water partition coefficient (Wildman–Crippen LogP) is 1.81. The summed E-state index contributed by atoms with van der Waals surface area (Å²) < 4.78 is 5.56. The molecule has 1 aliphatic carbocycles. The third kappa shape index (κ3) is 4.63. The highest BCUT2D eigenvalue weighted by Crippen LogP contribution is 2.26. The molecular formula is C19H30N4O. The smallest absolute Gasteiger partial charge is 0.191 e. The van der Waals surface area contributed by atoms with Gasteiger partial charge in [0.1, 0.15) is 5.75 Å². The number of rotatable bonds is 8. The van der Waals surface area contributed by atoms with Crippen LogP contribution in [0.4, 0.5) is 0 Å². The number of ether oxygens (including phenoxy) is 1. The molecule has 5 heteroatoms. The fourth-order valence-corrected chi connectivity index (χ4v) is 3.30. The lowest BCUT2D eigenvalue weighted by Crippen LogP contribution is -2.42. The molecule has 0 amide bonds. The Morgan fingerprint density at radius 1 is 1.29 bits per heavy atom. The highest BCUT2D eigenvalue weighted by Gasteiger charge is 2.27. The van der Waals surface area contributed by atoms with Crippen LogP contribution in [0.1, 0.15) is 30.9 Å². The lowest BCUT2D eigenvalue weighted by Gasteiger charge is -2.20. The number of hydrogen-bond acceptors (Lipinski definition) is 3. The van der Waals surface area contributed by atoms with Crippen LogP contribution in [0.3, 0.4) is 0 Å². The molecule has 1 aliphatic heterocycles. The minimum Gasteiger partial charge on any atom is -0.493 e. The van der Waals surface area contributed by atoms with Gasteiger partial charge >= 0.3 is 0 Å². The van der Waals surface area contributed by atoms with Crippen LogP contribution in [0.25, 0.3) is 0 Å². The minimum absolute atomic E-state index is 0.823. The number of likely N-dealkylation sites (N-methyl/N-ethyl adjacent to an activating group) is 1. The van der Waals surface area contributed by atoms with Gasteiger partial charge < -0.3 is 15.4 Å². The molecule has 0 spiro atoms. The van der Waals surface area contributed by atoms with Gasteiger partial charge in [0.25, 0.3) is 0 Å². The summed E-state index contributed by atoms with van der Waals surface area (Å²) in [6.45, 7) is 7.13. The monoisotopic (exact) mass is 330 g/mol. The first-order chi connectivity index (χ1) is 11.8. The van der Waals surface area contributed by atoms with Crippen molar-refractivity contribution in [3.8, 4) is 5.75 Å². The van der Waals surface area contributed by atoms with Crippen LogP contribution in [0.15, 0.2) is 23.2 Å². The van der Waals surface area contributed by atoms with Crippen molar-refractivity contribution in [1.29, 1.82) is 0 Å². The Bertz CT molecular complexity index is 568. The number of nitrogens with zero attached hydrogens (tertiary/aromatic N) is 2. The van der Waals surface area contributed by atoms with E-state index in [4.69, 9.17) is 4.74 Å². The molecule has 1 fully saturated rings. The summed E-state index contributed by atoms with van der Waals surface area (Å²) in [5.74, 6) is 1.95. The summed E-state index contributed by atoms with van der Waals surface area (Å²) in [7, 11) is 1.83. The number of guanidine groups is 1. The molecule has 24 heavy (non-hydrogen) atoms. The second kappa shape index (κ2) is 8.38. The van der Waals surface area contributed by atoms with Gasteiger partial charge in [-0.05, 0) is 43.0 Å². The summed E-state index contributed by atoms with van der Waals surface area (Å²) in [5.41, 5.74) is 2.70. The molecule has 0 radical (unpaired) electrons. The van der Waals surface area contributed by atoms with Crippen LogP contribution in [-0.2, 0) is 12.8 Å². The standard InChI is InChI=1S/C19H30N4O/c1-3-23(17-5-6-17)12-11-22-19(20-2)21-10-8-15-4-7-18-16(14-15)9-13-24-18/h4,7,14,17H,3,5-6,8-13H2,1-2H3,(H2,20,21,22). The average Bonchev–Trinajstić information content (AvgIpc) is 3.34. The maximum absolute atomic E-state index is 5.56. The summed E-state index contributed by atoms with van der Waals surface area (Å²) >= 11 is 0. The fraction of sp³-hybridized carbons (Fsp3) is 0.632. The maximum Gasteiger partial charge on any atom is 0.191 e. The van der Waals surface area contributed by atoms with Gasteiger partial charge in [0, 0.05) is 39.1 Å². The molecule has 0 unspecified atom stereocenters. The second-order valence-corrected chi connectivity index (χ2v) is 6.58. The van der Waals surface area contributed by atoms with Crippen LogP contribution in [0.2, 0.25) is 0 Å². The molecule has 0 aromatic heterocycles. The number of fused-ring (bicyclic) bond motifs is 1. The van der Waals surface area contributed by atoms with Crippen LogP contribution in [0.5, 0.6) is 5.75 Å². The molecule has 0 atom stereocenters. The van der Waals surface area contributed by atoms with Crippen molar-refractivity contribution in [1.82, 2.24) is 15.5 Å². The number of aliphatic imine (C=N–C) groups is 1.